The van der Waals surface area contributed by atoms with Gasteiger partial charge in [-0.15, -0.1) is 0 Å². The van der Waals surface area contributed by atoms with Gasteiger partial charge in [0, 0.05) is 19.3 Å². The second-order valence-electron chi connectivity index (χ2n) is 4.05. The molecule has 1 aromatic carbocycles. The van der Waals surface area contributed by atoms with Crippen LogP contribution in [0, 0.1) is 0 Å². The van der Waals surface area contributed by atoms with Crippen LogP contribution in [0.5, 0.6) is 0 Å². The number of imidazole rings is 1. The molecule has 0 atom stereocenters. The number of benzene rings is 1. The van der Waals surface area contributed by atoms with Gasteiger partial charge in [-0.1, -0.05) is 6.07 Å². The van der Waals surface area contributed by atoms with Crippen molar-refractivity contribution < 1.29 is 13.2 Å². The highest BCUT2D eigenvalue weighted by Crippen LogP contribution is 2.21. The molecule has 0 radical (unpaired) electrons. The zero-order valence-electron chi connectivity index (χ0n) is 10.4. The zero-order valence-corrected chi connectivity index (χ0v) is 11.3. The fourth-order valence-electron chi connectivity index (χ4n) is 1.79. The van der Waals surface area contributed by atoms with Crippen LogP contribution >= 0.6 is 0 Å². The average molecular weight is 268 g/mol. The van der Waals surface area contributed by atoms with Crippen molar-refractivity contribution in [2.45, 2.75) is 18.2 Å². The van der Waals surface area contributed by atoms with Gasteiger partial charge in [0.2, 0.25) is 0 Å². The van der Waals surface area contributed by atoms with Crippen molar-refractivity contribution in [2.24, 2.45) is 0 Å². The van der Waals surface area contributed by atoms with Crippen molar-refractivity contribution in [3.05, 3.63) is 24.0 Å². The molecule has 0 spiro atoms. The zero-order chi connectivity index (χ0) is 13.2. The first-order chi connectivity index (χ1) is 8.52. The molecule has 0 aliphatic carbocycles. The normalized spacial score (nSPS) is 12.1. The van der Waals surface area contributed by atoms with E-state index in [1.54, 1.807) is 12.1 Å². The summed E-state index contributed by atoms with van der Waals surface area (Å²) in [5, 5.41) is 0. The van der Waals surface area contributed by atoms with E-state index in [2.05, 4.69) is 9.97 Å². The molecule has 2 rings (SSSR count). The molecule has 0 bridgehead atoms. The van der Waals surface area contributed by atoms with Gasteiger partial charge in [-0.05, 0) is 19.1 Å². The summed E-state index contributed by atoms with van der Waals surface area (Å²) < 4.78 is 28.5. The van der Waals surface area contributed by atoms with Gasteiger partial charge in [0.05, 0.1) is 17.0 Å². The lowest BCUT2D eigenvalue weighted by Gasteiger charge is -1.97. The Morgan fingerprint density at radius 3 is 2.83 bits per heavy atom. The molecule has 98 valence electrons. The lowest BCUT2D eigenvalue weighted by atomic mass is 10.3. The Morgan fingerprint density at radius 2 is 2.17 bits per heavy atom. The van der Waals surface area contributed by atoms with Gasteiger partial charge in [0.15, 0.2) is 9.84 Å². The molecule has 6 heteroatoms. The van der Waals surface area contributed by atoms with Crippen LogP contribution in [-0.4, -0.2) is 37.9 Å². The largest absolute Gasteiger partial charge is 0.381 e. The minimum absolute atomic E-state index is 0.263. The predicted octanol–water partition coefficient (Wildman–Crippen LogP) is 1.55. The highest BCUT2D eigenvalue weighted by molar-refractivity contribution is 7.91. The molecule has 0 aliphatic rings. The van der Waals surface area contributed by atoms with E-state index in [9.17, 15) is 8.42 Å². The van der Waals surface area contributed by atoms with E-state index >= 15 is 0 Å². The van der Waals surface area contributed by atoms with Crippen molar-refractivity contribution >= 4 is 20.9 Å². The number of aromatic amines is 1. The van der Waals surface area contributed by atoms with E-state index in [4.69, 9.17) is 4.74 Å². The van der Waals surface area contributed by atoms with Crippen LogP contribution in [0.4, 0.5) is 0 Å². The number of ether oxygens (including phenoxy) is 1. The minimum Gasteiger partial charge on any atom is -0.381 e. The fraction of sp³-hybridized carbons (Fsp3) is 0.417. The van der Waals surface area contributed by atoms with Gasteiger partial charge < -0.3 is 9.72 Å². The summed E-state index contributed by atoms with van der Waals surface area (Å²) in [4.78, 5) is 7.71. The van der Waals surface area contributed by atoms with Crippen molar-refractivity contribution in [2.75, 3.05) is 19.5 Å². The smallest absolute Gasteiger partial charge is 0.177 e. The van der Waals surface area contributed by atoms with E-state index in [1.807, 2.05) is 13.0 Å². The molecule has 2 aromatic rings. The molecule has 0 unspecified atom stereocenters. The number of rotatable bonds is 5. The van der Waals surface area contributed by atoms with Crippen molar-refractivity contribution in [1.29, 1.82) is 0 Å². The molecular weight excluding hydrogens is 252 g/mol. The topological polar surface area (TPSA) is 72.0 Å². The van der Waals surface area contributed by atoms with Gasteiger partial charge in [0.25, 0.3) is 0 Å². The van der Waals surface area contributed by atoms with Crippen LogP contribution in [0.3, 0.4) is 0 Å². The fourth-order valence-corrected chi connectivity index (χ4v) is 2.62. The second kappa shape index (κ2) is 5.07. The van der Waals surface area contributed by atoms with E-state index in [1.165, 1.54) is 6.26 Å². The third kappa shape index (κ3) is 2.70. The molecule has 1 aromatic heterocycles. The molecular formula is C12H16N2O3S. The lowest BCUT2D eigenvalue weighted by molar-refractivity contribution is 0.149. The molecule has 0 amide bonds. The first kappa shape index (κ1) is 13.0. The first-order valence-corrected chi connectivity index (χ1v) is 7.67. The van der Waals surface area contributed by atoms with Gasteiger partial charge in [-0.3, -0.25) is 0 Å². The predicted molar refractivity (Wildman–Crippen MR) is 69.4 cm³/mol. The molecule has 0 fully saturated rings. The molecule has 5 nitrogen and oxygen atoms in total. The minimum atomic E-state index is -3.26. The Kier molecular flexibility index (Phi) is 3.68. The lowest BCUT2D eigenvalue weighted by Crippen LogP contribution is -1.99. The van der Waals surface area contributed by atoms with E-state index in [0.29, 0.717) is 25.2 Å². The van der Waals surface area contributed by atoms with Gasteiger partial charge >= 0.3 is 0 Å². The Morgan fingerprint density at radius 1 is 1.39 bits per heavy atom. The number of para-hydroxylation sites is 1. The number of nitrogens with one attached hydrogen (secondary N) is 1. The number of hydrogen-bond donors (Lipinski definition) is 1. The highest BCUT2D eigenvalue weighted by atomic mass is 32.2. The molecule has 0 aliphatic heterocycles. The molecule has 0 saturated heterocycles. The summed E-state index contributed by atoms with van der Waals surface area (Å²) in [5.74, 6) is 0.745. The Hall–Kier alpha value is -1.40. The van der Waals surface area contributed by atoms with Gasteiger partial charge in [-0.2, -0.15) is 0 Å². The maximum atomic E-state index is 11.6. The van der Waals surface area contributed by atoms with Crippen LogP contribution in [0.15, 0.2) is 23.1 Å². The molecule has 18 heavy (non-hydrogen) atoms. The SMILES string of the molecule is CCOCCc1nc2c(S(C)(=O)=O)cccc2[nH]1. The summed E-state index contributed by atoms with van der Waals surface area (Å²) in [6, 6.07) is 5.11. The third-order valence-electron chi connectivity index (χ3n) is 2.61. The summed E-state index contributed by atoms with van der Waals surface area (Å²) in [5.41, 5.74) is 1.25. The number of nitrogens with zero attached hydrogens (tertiary/aromatic N) is 1. The van der Waals surface area contributed by atoms with Crippen molar-refractivity contribution in [3.8, 4) is 0 Å². The molecule has 1 N–H and O–H groups in total. The van der Waals surface area contributed by atoms with Gasteiger partial charge in [0.1, 0.15) is 11.3 Å². The van der Waals surface area contributed by atoms with E-state index in [0.717, 1.165) is 11.3 Å². The number of fused-ring (bicyclic) bond motifs is 1. The van der Waals surface area contributed by atoms with E-state index in [-0.39, 0.29) is 4.90 Å². The average Bonchev–Trinajstić information content (AvgIpc) is 2.70. The van der Waals surface area contributed by atoms with Crippen LogP contribution in [-0.2, 0) is 21.0 Å². The van der Waals surface area contributed by atoms with Crippen molar-refractivity contribution in [1.82, 2.24) is 9.97 Å². The molecule has 1 heterocycles. The Labute approximate surface area is 106 Å². The Bertz CT molecular complexity index is 646. The Balaban J connectivity index is 2.39. The van der Waals surface area contributed by atoms with Crippen LogP contribution in [0.25, 0.3) is 11.0 Å². The summed E-state index contributed by atoms with van der Waals surface area (Å²) in [7, 11) is -3.26. The number of H-pyrrole nitrogens is 1. The number of sulfone groups is 1. The maximum Gasteiger partial charge on any atom is 0.177 e. The highest BCUT2D eigenvalue weighted by Gasteiger charge is 2.14. The molecule has 0 saturated carbocycles. The quantitative estimate of drug-likeness (QED) is 0.835. The van der Waals surface area contributed by atoms with Crippen LogP contribution < -0.4 is 0 Å². The number of hydrogen-bond acceptors (Lipinski definition) is 4. The summed E-state index contributed by atoms with van der Waals surface area (Å²) in [6.45, 7) is 3.17. The monoisotopic (exact) mass is 268 g/mol. The first-order valence-electron chi connectivity index (χ1n) is 5.77. The maximum absolute atomic E-state index is 11.6. The summed E-state index contributed by atoms with van der Waals surface area (Å²) >= 11 is 0. The van der Waals surface area contributed by atoms with Crippen LogP contribution in [0.2, 0.25) is 0 Å². The van der Waals surface area contributed by atoms with Crippen molar-refractivity contribution in [3.63, 3.8) is 0 Å². The summed E-state index contributed by atoms with van der Waals surface area (Å²) in [6.07, 6.45) is 1.84. The number of aromatic nitrogens is 2. The standard InChI is InChI=1S/C12H16N2O3S/c1-3-17-8-7-11-13-9-5-4-6-10(12(9)14-11)18(2,15)16/h4-6H,3,7-8H2,1-2H3,(H,13,14). The van der Waals surface area contributed by atoms with Crippen LogP contribution in [0.1, 0.15) is 12.7 Å². The third-order valence-corrected chi connectivity index (χ3v) is 3.74. The second-order valence-corrected chi connectivity index (χ2v) is 6.04. The van der Waals surface area contributed by atoms with E-state index < -0.39 is 9.84 Å². The van der Waals surface area contributed by atoms with Gasteiger partial charge in [-0.25, -0.2) is 13.4 Å².